The van der Waals surface area contributed by atoms with Crippen molar-refractivity contribution in [3.63, 3.8) is 0 Å². The molecule has 0 unspecified atom stereocenters. The lowest BCUT2D eigenvalue weighted by atomic mass is 9.96. The van der Waals surface area contributed by atoms with Gasteiger partial charge in [-0.1, -0.05) is 19.3 Å². The fourth-order valence-electron chi connectivity index (χ4n) is 4.88. The highest BCUT2D eigenvalue weighted by molar-refractivity contribution is 7.89. The van der Waals surface area contributed by atoms with E-state index in [2.05, 4.69) is 4.98 Å². The van der Waals surface area contributed by atoms with Crippen molar-refractivity contribution >= 4 is 27.3 Å². The standard InChI is InChI=1S/C23H34N4O3S2/c1-16-21(23(28)27-13-9-6-10-14-27)31-22(24-16)19-15-20(17(2)25(19)3)32(29,30)26(4)18-11-7-5-8-12-18/h15,18H,5-14H2,1-4H3. The van der Waals surface area contributed by atoms with Crippen LogP contribution in [0.25, 0.3) is 10.7 Å². The number of hydrogen-bond donors (Lipinski definition) is 0. The maximum atomic E-state index is 13.5. The minimum absolute atomic E-state index is 0.0433. The topological polar surface area (TPSA) is 75.5 Å². The number of amides is 1. The number of rotatable bonds is 5. The average molecular weight is 479 g/mol. The number of nitrogens with zero attached hydrogens (tertiary/aromatic N) is 4. The van der Waals surface area contributed by atoms with E-state index in [1.54, 1.807) is 17.4 Å². The predicted molar refractivity (Wildman–Crippen MR) is 128 cm³/mol. The van der Waals surface area contributed by atoms with Crippen molar-refractivity contribution in [2.75, 3.05) is 20.1 Å². The minimum Gasteiger partial charge on any atom is -0.345 e. The van der Waals surface area contributed by atoms with E-state index in [1.165, 1.54) is 24.2 Å². The number of thiazole rings is 1. The molecule has 1 saturated carbocycles. The van der Waals surface area contributed by atoms with E-state index >= 15 is 0 Å². The third kappa shape index (κ3) is 4.26. The molecule has 2 aliphatic rings. The molecule has 1 aliphatic heterocycles. The lowest BCUT2D eigenvalue weighted by Gasteiger charge is -2.30. The van der Waals surface area contributed by atoms with E-state index in [0.717, 1.165) is 57.3 Å². The average Bonchev–Trinajstić information content (AvgIpc) is 3.33. The molecule has 1 amide bonds. The zero-order valence-corrected chi connectivity index (χ0v) is 21.2. The monoisotopic (exact) mass is 478 g/mol. The van der Waals surface area contributed by atoms with Crippen LogP contribution in [-0.4, -0.2) is 59.3 Å². The molecule has 7 nitrogen and oxygen atoms in total. The van der Waals surface area contributed by atoms with Crippen LogP contribution in [0.4, 0.5) is 0 Å². The quantitative estimate of drug-likeness (QED) is 0.640. The molecule has 1 aliphatic carbocycles. The summed E-state index contributed by atoms with van der Waals surface area (Å²) in [6.07, 6.45) is 8.44. The van der Waals surface area contributed by atoms with Crippen molar-refractivity contribution in [2.45, 2.75) is 76.2 Å². The first-order valence-electron chi connectivity index (χ1n) is 11.6. The molecule has 9 heteroatoms. The molecular weight excluding hydrogens is 444 g/mol. The third-order valence-electron chi connectivity index (χ3n) is 7.09. The highest BCUT2D eigenvalue weighted by atomic mass is 32.2. The van der Waals surface area contributed by atoms with Gasteiger partial charge in [0.25, 0.3) is 5.91 Å². The van der Waals surface area contributed by atoms with Crippen LogP contribution in [-0.2, 0) is 17.1 Å². The van der Waals surface area contributed by atoms with Gasteiger partial charge in [-0.3, -0.25) is 4.79 Å². The molecule has 2 aromatic rings. The first kappa shape index (κ1) is 23.4. The highest BCUT2D eigenvalue weighted by Crippen LogP contribution is 2.35. The summed E-state index contributed by atoms with van der Waals surface area (Å²) in [6.45, 7) is 5.29. The number of carbonyl (C=O) groups excluding carboxylic acids is 1. The molecule has 2 aromatic heterocycles. The summed E-state index contributed by atoms with van der Waals surface area (Å²) < 4.78 is 30.4. The lowest BCUT2D eigenvalue weighted by molar-refractivity contribution is 0.0728. The normalized spacial score (nSPS) is 18.5. The van der Waals surface area contributed by atoms with Gasteiger partial charge >= 0.3 is 0 Å². The summed E-state index contributed by atoms with van der Waals surface area (Å²) >= 11 is 1.37. The van der Waals surface area contributed by atoms with Crippen molar-refractivity contribution in [1.29, 1.82) is 0 Å². The molecule has 0 bridgehead atoms. The number of piperidine rings is 1. The molecule has 0 N–H and O–H groups in total. The highest BCUT2D eigenvalue weighted by Gasteiger charge is 2.33. The van der Waals surface area contributed by atoms with Crippen molar-refractivity contribution in [2.24, 2.45) is 7.05 Å². The van der Waals surface area contributed by atoms with Crippen molar-refractivity contribution in [3.05, 3.63) is 22.3 Å². The van der Waals surface area contributed by atoms with Crippen LogP contribution in [0, 0.1) is 13.8 Å². The van der Waals surface area contributed by atoms with Crippen LogP contribution in [0.15, 0.2) is 11.0 Å². The Hall–Kier alpha value is -1.71. The first-order chi connectivity index (χ1) is 15.2. The van der Waals surface area contributed by atoms with Crippen molar-refractivity contribution < 1.29 is 13.2 Å². The molecule has 2 fully saturated rings. The summed E-state index contributed by atoms with van der Waals surface area (Å²) in [5.74, 6) is 0.0433. The van der Waals surface area contributed by atoms with E-state index in [9.17, 15) is 13.2 Å². The van der Waals surface area contributed by atoms with Crippen molar-refractivity contribution in [3.8, 4) is 10.7 Å². The predicted octanol–water partition coefficient (Wildman–Crippen LogP) is 4.34. The van der Waals surface area contributed by atoms with E-state index < -0.39 is 10.0 Å². The van der Waals surface area contributed by atoms with Gasteiger partial charge in [0.1, 0.15) is 14.8 Å². The molecule has 0 spiro atoms. The van der Waals surface area contributed by atoms with Gasteiger partial charge in [0.05, 0.1) is 11.4 Å². The first-order valence-corrected chi connectivity index (χ1v) is 13.9. The Morgan fingerprint density at radius 2 is 1.72 bits per heavy atom. The Bertz CT molecular complexity index is 1090. The number of sulfonamides is 1. The van der Waals surface area contributed by atoms with Crippen molar-refractivity contribution in [1.82, 2.24) is 18.8 Å². The Kier molecular flexibility index (Phi) is 6.79. The van der Waals surface area contributed by atoms with Crippen LogP contribution in [0.1, 0.15) is 72.4 Å². The van der Waals surface area contributed by atoms with Gasteiger partial charge in [0.2, 0.25) is 10.0 Å². The molecule has 3 heterocycles. The van der Waals surface area contributed by atoms with Gasteiger partial charge in [-0.25, -0.2) is 13.4 Å². The SMILES string of the molecule is Cc1nc(-c2cc(S(=O)(=O)N(C)C3CCCCC3)c(C)n2C)sc1C(=O)N1CCCCC1. The molecule has 0 atom stereocenters. The van der Waals surface area contributed by atoms with Crippen LogP contribution >= 0.6 is 11.3 Å². The Morgan fingerprint density at radius 1 is 1.09 bits per heavy atom. The Balaban J connectivity index is 1.65. The van der Waals surface area contributed by atoms with Crippen LogP contribution < -0.4 is 0 Å². The molecular formula is C23H34N4O3S2. The van der Waals surface area contributed by atoms with Gasteiger partial charge in [-0.05, 0) is 52.0 Å². The summed E-state index contributed by atoms with van der Waals surface area (Å²) in [5, 5.41) is 0.690. The fourth-order valence-corrected chi connectivity index (χ4v) is 7.65. The molecule has 0 radical (unpaired) electrons. The largest absolute Gasteiger partial charge is 0.345 e. The van der Waals surface area contributed by atoms with E-state index in [4.69, 9.17) is 0 Å². The smallest absolute Gasteiger partial charge is 0.265 e. The fraction of sp³-hybridized carbons (Fsp3) is 0.652. The number of hydrogen-bond acceptors (Lipinski definition) is 5. The summed E-state index contributed by atoms with van der Waals surface area (Å²) in [4.78, 5) is 20.6. The third-order valence-corrected chi connectivity index (χ3v) is 10.3. The second-order valence-electron chi connectivity index (χ2n) is 9.14. The van der Waals surface area contributed by atoms with E-state index in [-0.39, 0.29) is 11.9 Å². The summed E-state index contributed by atoms with van der Waals surface area (Å²) in [6, 6.07) is 1.80. The minimum atomic E-state index is -3.60. The van der Waals surface area contributed by atoms with Gasteiger partial charge in [0, 0.05) is 38.9 Å². The van der Waals surface area contributed by atoms with Gasteiger partial charge in [-0.15, -0.1) is 11.3 Å². The van der Waals surface area contributed by atoms with Gasteiger partial charge in [0.15, 0.2) is 0 Å². The maximum Gasteiger partial charge on any atom is 0.265 e. The number of likely N-dealkylation sites (tertiary alicyclic amines) is 1. The van der Waals surface area contributed by atoms with Crippen LogP contribution in [0.3, 0.4) is 0 Å². The Labute approximate surface area is 195 Å². The van der Waals surface area contributed by atoms with Gasteiger partial charge < -0.3 is 9.47 Å². The lowest BCUT2D eigenvalue weighted by Crippen LogP contribution is -2.38. The Morgan fingerprint density at radius 3 is 2.38 bits per heavy atom. The number of aryl methyl sites for hydroxylation is 1. The molecule has 0 aromatic carbocycles. The van der Waals surface area contributed by atoms with E-state index in [0.29, 0.717) is 26.2 Å². The molecule has 32 heavy (non-hydrogen) atoms. The van der Waals surface area contributed by atoms with Crippen LogP contribution in [0.2, 0.25) is 0 Å². The van der Waals surface area contributed by atoms with E-state index in [1.807, 2.05) is 30.4 Å². The second-order valence-corrected chi connectivity index (χ2v) is 12.1. The molecule has 1 saturated heterocycles. The summed E-state index contributed by atoms with van der Waals surface area (Å²) in [5.41, 5.74) is 2.14. The van der Waals surface area contributed by atoms with Gasteiger partial charge in [-0.2, -0.15) is 4.31 Å². The zero-order chi connectivity index (χ0) is 23.0. The molecule has 4 rings (SSSR count). The summed E-state index contributed by atoms with van der Waals surface area (Å²) in [7, 11) is -0.0246. The number of aromatic nitrogens is 2. The van der Waals surface area contributed by atoms with Crippen LogP contribution in [0.5, 0.6) is 0 Å². The molecule has 176 valence electrons. The zero-order valence-electron chi connectivity index (χ0n) is 19.6. The maximum absolute atomic E-state index is 13.5. The second kappa shape index (κ2) is 9.27. The number of carbonyl (C=O) groups is 1.